The fourth-order valence-corrected chi connectivity index (χ4v) is 1.83. The summed E-state index contributed by atoms with van der Waals surface area (Å²) in [6.45, 7) is 1.99. The average molecular weight is 244 g/mol. The number of imidazole rings is 1. The van der Waals surface area contributed by atoms with Gasteiger partial charge >= 0.3 is 0 Å². The van der Waals surface area contributed by atoms with Gasteiger partial charge in [-0.2, -0.15) is 0 Å². The van der Waals surface area contributed by atoms with E-state index in [9.17, 15) is 0 Å². The Kier molecular flexibility index (Phi) is 2.40. The zero-order valence-electron chi connectivity index (χ0n) is 9.99. The van der Waals surface area contributed by atoms with Gasteiger partial charge in [0.05, 0.1) is 12.4 Å². The molecule has 18 heavy (non-hydrogen) atoms. The van der Waals surface area contributed by atoms with E-state index in [-0.39, 0.29) is 6.04 Å². The van der Waals surface area contributed by atoms with Crippen molar-refractivity contribution < 1.29 is 0 Å². The smallest absolute Gasteiger partial charge is 0.182 e. The molecule has 2 N–H and O–H groups in total. The van der Waals surface area contributed by atoms with Gasteiger partial charge < -0.3 is 14.9 Å². The summed E-state index contributed by atoms with van der Waals surface area (Å²) in [6, 6.07) is -0.0149. The molecule has 0 amide bonds. The second kappa shape index (κ2) is 4.06. The number of hydrogen-bond acceptors (Lipinski definition) is 6. The third-order valence-electron chi connectivity index (χ3n) is 2.71. The Hall–Kier alpha value is -2.51. The molecule has 0 aromatic carbocycles. The van der Waals surface area contributed by atoms with Crippen molar-refractivity contribution in [1.82, 2.24) is 34.7 Å². The van der Waals surface area contributed by atoms with Gasteiger partial charge in [-0.25, -0.2) is 15.0 Å². The summed E-state index contributed by atoms with van der Waals surface area (Å²) in [5.41, 5.74) is 1.42. The van der Waals surface area contributed by atoms with E-state index in [0.717, 1.165) is 11.3 Å². The number of aryl methyl sites for hydroxylation is 1. The number of H-pyrrole nitrogens is 1. The standard InChI is InChI=1S/C10H12N8/c1-6(10-17-15-5-18(10)2)16-9-7-8(12-3-11-7)13-4-14-9/h3-6H,1-2H3,(H2,11,12,13,14,16). The van der Waals surface area contributed by atoms with E-state index in [1.807, 2.05) is 18.5 Å². The molecular weight excluding hydrogens is 232 g/mol. The molecule has 0 bridgehead atoms. The number of fused-ring (bicyclic) bond motifs is 1. The van der Waals surface area contributed by atoms with Crippen molar-refractivity contribution in [1.29, 1.82) is 0 Å². The van der Waals surface area contributed by atoms with Crippen molar-refractivity contribution in [3.63, 3.8) is 0 Å². The number of aromatic nitrogens is 7. The Morgan fingerprint density at radius 3 is 3.00 bits per heavy atom. The molecule has 0 radical (unpaired) electrons. The van der Waals surface area contributed by atoms with Crippen LogP contribution in [-0.2, 0) is 7.05 Å². The monoisotopic (exact) mass is 244 g/mol. The average Bonchev–Trinajstić information content (AvgIpc) is 2.97. The van der Waals surface area contributed by atoms with E-state index in [4.69, 9.17) is 0 Å². The number of rotatable bonds is 3. The molecule has 0 aliphatic carbocycles. The van der Waals surface area contributed by atoms with Crippen LogP contribution < -0.4 is 5.32 Å². The van der Waals surface area contributed by atoms with Crippen LogP contribution in [0.1, 0.15) is 18.8 Å². The van der Waals surface area contributed by atoms with Crippen molar-refractivity contribution >= 4 is 17.0 Å². The molecule has 92 valence electrons. The largest absolute Gasteiger partial charge is 0.358 e. The zero-order chi connectivity index (χ0) is 12.5. The van der Waals surface area contributed by atoms with Crippen LogP contribution in [0.3, 0.4) is 0 Å². The highest BCUT2D eigenvalue weighted by atomic mass is 15.3. The van der Waals surface area contributed by atoms with E-state index in [2.05, 4.69) is 35.5 Å². The minimum atomic E-state index is -0.0149. The molecule has 0 aliphatic heterocycles. The number of hydrogen-bond donors (Lipinski definition) is 2. The van der Waals surface area contributed by atoms with E-state index < -0.39 is 0 Å². The van der Waals surface area contributed by atoms with Gasteiger partial charge in [0.15, 0.2) is 17.3 Å². The van der Waals surface area contributed by atoms with E-state index in [1.54, 1.807) is 12.7 Å². The lowest BCUT2D eigenvalue weighted by atomic mass is 10.3. The van der Waals surface area contributed by atoms with Gasteiger partial charge in [0.2, 0.25) is 0 Å². The number of nitrogens with zero attached hydrogens (tertiary/aromatic N) is 6. The van der Waals surface area contributed by atoms with Crippen LogP contribution in [0.4, 0.5) is 5.82 Å². The first kappa shape index (κ1) is 10.6. The summed E-state index contributed by atoms with van der Waals surface area (Å²) < 4.78 is 1.86. The van der Waals surface area contributed by atoms with Gasteiger partial charge in [0.1, 0.15) is 18.2 Å². The van der Waals surface area contributed by atoms with Gasteiger partial charge in [0.25, 0.3) is 0 Å². The Labute approximate surface area is 103 Å². The number of nitrogens with one attached hydrogen (secondary N) is 2. The lowest BCUT2D eigenvalue weighted by Crippen LogP contribution is -2.13. The summed E-state index contributed by atoms with van der Waals surface area (Å²) in [5.74, 6) is 1.54. The third-order valence-corrected chi connectivity index (χ3v) is 2.71. The Morgan fingerprint density at radius 1 is 1.33 bits per heavy atom. The summed E-state index contributed by atoms with van der Waals surface area (Å²) in [6.07, 6.45) is 4.74. The molecule has 0 fully saturated rings. The van der Waals surface area contributed by atoms with E-state index in [0.29, 0.717) is 11.5 Å². The van der Waals surface area contributed by atoms with Crippen LogP contribution in [0.25, 0.3) is 11.2 Å². The molecule has 8 heteroatoms. The second-order valence-electron chi connectivity index (χ2n) is 3.99. The maximum absolute atomic E-state index is 4.21. The molecular formula is C10H12N8. The first-order valence-corrected chi connectivity index (χ1v) is 5.50. The van der Waals surface area contributed by atoms with Crippen LogP contribution in [0.2, 0.25) is 0 Å². The van der Waals surface area contributed by atoms with Gasteiger partial charge in [0, 0.05) is 7.05 Å². The summed E-state index contributed by atoms with van der Waals surface area (Å²) >= 11 is 0. The topological polar surface area (TPSA) is 97.2 Å². The fourth-order valence-electron chi connectivity index (χ4n) is 1.83. The molecule has 1 atom stereocenters. The maximum atomic E-state index is 4.21. The quantitative estimate of drug-likeness (QED) is 0.702. The Morgan fingerprint density at radius 2 is 2.22 bits per heavy atom. The van der Waals surface area contributed by atoms with Crippen molar-refractivity contribution in [3.8, 4) is 0 Å². The molecule has 3 rings (SSSR count). The highest BCUT2D eigenvalue weighted by Gasteiger charge is 2.14. The minimum absolute atomic E-state index is 0.0149. The van der Waals surface area contributed by atoms with Crippen LogP contribution in [0.15, 0.2) is 19.0 Å². The number of aromatic amines is 1. The lowest BCUT2D eigenvalue weighted by Gasteiger charge is -2.13. The van der Waals surface area contributed by atoms with Crippen molar-refractivity contribution in [3.05, 3.63) is 24.8 Å². The van der Waals surface area contributed by atoms with Gasteiger partial charge in [-0.1, -0.05) is 0 Å². The molecule has 0 saturated carbocycles. The van der Waals surface area contributed by atoms with E-state index in [1.165, 1.54) is 6.33 Å². The SMILES string of the molecule is CC(Nc1ncnc2nc[nH]c12)c1nncn1C. The Balaban J connectivity index is 1.93. The highest BCUT2D eigenvalue weighted by Crippen LogP contribution is 2.20. The van der Waals surface area contributed by atoms with Crippen LogP contribution in [0, 0.1) is 0 Å². The molecule has 0 saturated heterocycles. The number of anilines is 1. The third kappa shape index (κ3) is 1.67. The van der Waals surface area contributed by atoms with Gasteiger partial charge in [-0.05, 0) is 6.92 Å². The predicted octanol–water partition coefficient (Wildman–Crippen LogP) is 0.654. The molecule has 0 aliphatic rings. The summed E-state index contributed by atoms with van der Waals surface area (Å²) in [7, 11) is 1.90. The minimum Gasteiger partial charge on any atom is -0.358 e. The fraction of sp³-hybridized carbons (Fsp3) is 0.300. The second-order valence-corrected chi connectivity index (χ2v) is 3.99. The van der Waals surface area contributed by atoms with Gasteiger partial charge in [-0.15, -0.1) is 10.2 Å². The van der Waals surface area contributed by atoms with E-state index >= 15 is 0 Å². The maximum Gasteiger partial charge on any atom is 0.182 e. The van der Waals surface area contributed by atoms with Crippen LogP contribution in [-0.4, -0.2) is 34.7 Å². The summed E-state index contributed by atoms with van der Waals surface area (Å²) in [4.78, 5) is 15.4. The normalized spacial score (nSPS) is 12.8. The van der Waals surface area contributed by atoms with Crippen LogP contribution in [0.5, 0.6) is 0 Å². The summed E-state index contributed by atoms with van der Waals surface area (Å²) in [5, 5.41) is 11.2. The molecule has 1 unspecified atom stereocenters. The molecule has 8 nitrogen and oxygen atoms in total. The first-order valence-electron chi connectivity index (χ1n) is 5.50. The lowest BCUT2D eigenvalue weighted by molar-refractivity contribution is 0.717. The van der Waals surface area contributed by atoms with Gasteiger partial charge in [-0.3, -0.25) is 0 Å². The highest BCUT2D eigenvalue weighted by molar-refractivity contribution is 5.82. The predicted molar refractivity (Wildman–Crippen MR) is 64.7 cm³/mol. The van der Waals surface area contributed by atoms with Crippen molar-refractivity contribution in [2.75, 3.05) is 5.32 Å². The molecule has 3 aromatic heterocycles. The van der Waals surface area contributed by atoms with Crippen molar-refractivity contribution in [2.45, 2.75) is 13.0 Å². The molecule has 0 spiro atoms. The van der Waals surface area contributed by atoms with Crippen LogP contribution >= 0.6 is 0 Å². The Bertz CT molecular complexity index is 669. The first-order chi connectivity index (χ1) is 8.75. The molecule has 3 aromatic rings. The molecule has 3 heterocycles. The van der Waals surface area contributed by atoms with Crippen molar-refractivity contribution in [2.24, 2.45) is 7.05 Å². The zero-order valence-corrected chi connectivity index (χ0v) is 9.99.